The van der Waals surface area contributed by atoms with Gasteiger partial charge in [-0.15, -0.1) is 0 Å². The number of H-pyrrole nitrogens is 1. The Bertz CT molecular complexity index is 696. The second kappa shape index (κ2) is 5.12. The largest absolute Gasteiger partial charge is 0.346 e. The van der Waals surface area contributed by atoms with Crippen molar-refractivity contribution in [1.29, 1.82) is 0 Å². The molecule has 1 N–H and O–H groups in total. The first-order valence-corrected chi connectivity index (χ1v) is 7.13. The van der Waals surface area contributed by atoms with Gasteiger partial charge in [0.2, 0.25) is 0 Å². The first-order chi connectivity index (χ1) is 9.67. The number of fused-ring (bicyclic) bond motifs is 1. The monoisotopic (exact) mass is 264 g/mol. The molecule has 0 atom stereocenters. The molecule has 0 saturated heterocycles. The van der Waals surface area contributed by atoms with Gasteiger partial charge in [0.15, 0.2) is 0 Å². The number of pyridine rings is 1. The van der Waals surface area contributed by atoms with Crippen LogP contribution in [0.5, 0.6) is 0 Å². The number of benzene rings is 1. The lowest BCUT2D eigenvalue weighted by atomic mass is 9.80. The fraction of sp³-hybridized carbons (Fsp3) is 0.278. The van der Waals surface area contributed by atoms with E-state index in [9.17, 15) is 0 Å². The maximum absolute atomic E-state index is 4.35. The van der Waals surface area contributed by atoms with Crippen molar-refractivity contribution in [1.82, 2.24) is 9.97 Å². The molecule has 0 aliphatic rings. The van der Waals surface area contributed by atoms with Gasteiger partial charge in [0.1, 0.15) is 5.65 Å². The number of aryl methyl sites for hydroxylation is 1. The zero-order valence-corrected chi connectivity index (χ0v) is 12.1. The topological polar surface area (TPSA) is 28.7 Å². The van der Waals surface area contributed by atoms with Crippen LogP contribution in [0.1, 0.15) is 31.4 Å². The van der Waals surface area contributed by atoms with Crippen molar-refractivity contribution in [3.8, 4) is 0 Å². The van der Waals surface area contributed by atoms with E-state index in [1.165, 1.54) is 16.5 Å². The molecule has 1 aromatic carbocycles. The van der Waals surface area contributed by atoms with Crippen LogP contribution in [0.15, 0.2) is 54.9 Å². The van der Waals surface area contributed by atoms with Gasteiger partial charge in [-0.05, 0) is 41.5 Å². The molecule has 0 saturated carbocycles. The highest BCUT2D eigenvalue weighted by Crippen LogP contribution is 2.29. The molecular formula is C18H20N2. The third kappa shape index (κ3) is 2.46. The average Bonchev–Trinajstić information content (AvgIpc) is 2.89. The van der Waals surface area contributed by atoms with Crippen molar-refractivity contribution in [2.24, 2.45) is 0 Å². The highest BCUT2D eigenvalue weighted by molar-refractivity contribution is 5.79. The fourth-order valence-corrected chi connectivity index (χ4v) is 2.70. The predicted octanol–water partition coefficient (Wildman–Crippen LogP) is 4.47. The number of aromatic nitrogens is 2. The molecule has 3 aromatic rings. The number of hydrogen-bond donors (Lipinski definition) is 1. The van der Waals surface area contributed by atoms with Crippen LogP contribution >= 0.6 is 0 Å². The molecule has 3 rings (SSSR count). The Kier molecular flexibility index (Phi) is 3.31. The molecule has 2 heteroatoms. The van der Waals surface area contributed by atoms with E-state index in [1.54, 1.807) is 0 Å². The standard InChI is InChI=1S/C18H20N2/c1-18(2,15-7-4-3-5-8-15)11-10-14-13-20-17-16(14)9-6-12-19-17/h3-9,12-13H,10-11H2,1-2H3,(H,19,20). The normalized spacial score (nSPS) is 11.9. The lowest BCUT2D eigenvalue weighted by Crippen LogP contribution is -2.17. The minimum Gasteiger partial charge on any atom is -0.346 e. The summed E-state index contributed by atoms with van der Waals surface area (Å²) >= 11 is 0. The van der Waals surface area contributed by atoms with Crippen LogP contribution in [0, 0.1) is 0 Å². The number of hydrogen-bond acceptors (Lipinski definition) is 1. The van der Waals surface area contributed by atoms with Crippen LogP contribution < -0.4 is 0 Å². The molecule has 2 aromatic heterocycles. The molecule has 102 valence electrons. The summed E-state index contributed by atoms with van der Waals surface area (Å²) in [6, 6.07) is 14.9. The predicted molar refractivity (Wildman–Crippen MR) is 83.9 cm³/mol. The summed E-state index contributed by atoms with van der Waals surface area (Å²) in [7, 11) is 0. The van der Waals surface area contributed by atoms with E-state index >= 15 is 0 Å². The Morgan fingerprint density at radius 3 is 2.65 bits per heavy atom. The Labute approximate surface area is 119 Å². The van der Waals surface area contributed by atoms with Gasteiger partial charge in [0.25, 0.3) is 0 Å². The van der Waals surface area contributed by atoms with E-state index in [0.29, 0.717) is 0 Å². The van der Waals surface area contributed by atoms with Crippen LogP contribution in [-0.2, 0) is 11.8 Å². The van der Waals surface area contributed by atoms with E-state index in [1.807, 2.05) is 12.3 Å². The minimum atomic E-state index is 0.188. The van der Waals surface area contributed by atoms with Gasteiger partial charge in [0, 0.05) is 17.8 Å². The van der Waals surface area contributed by atoms with Crippen molar-refractivity contribution >= 4 is 11.0 Å². The Morgan fingerprint density at radius 2 is 1.85 bits per heavy atom. The number of rotatable bonds is 4. The van der Waals surface area contributed by atoms with Gasteiger partial charge >= 0.3 is 0 Å². The molecule has 0 unspecified atom stereocenters. The molecule has 0 amide bonds. The third-order valence-electron chi connectivity index (χ3n) is 4.11. The second-order valence-electron chi connectivity index (χ2n) is 5.96. The van der Waals surface area contributed by atoms with Crippen molar-refractivity contribution in [3.05, 3.63) is 66.0 Å². The fourth-order valence-electron chi connectivity index (χ4n) is 2.70. The highest BCUT2D eigenvalue weighted by Gasteiger charge is 2.20. The lowest BCUT2D eigenvalue weighted by Gasteiger charge is -2.25. The highest BCUT2D eigenvalue weighted by atomic mass is 14.8. The zero-order valence-electron chi connectivity index (χ0n) is 12.1. The van der Waals surface area contributed by atoms with Crippen LogP contribution in [0.4, 0.5) is 0 Å². The summed E-state index contributed by atoms with van der Waals surface area (Å²) in [5.74, 6) is 0. The van der Waals surface area contributed by atoms with E-state index in [4.69, 9.17) is 0 Å². The van der Waals surface area contributed by atoms with Crippen LogP contribution in [-0.4, -0.2) is 9.97 Å². The molecule has 20 heavy (non-hydrogen) atoms. The van der Waals surface area contributed by atoms with Crippen molar-refractivity contribution in [2.75, 3.05) is 0 Å². The summed E-state index contributed by atoms with van der Waals surface area (Å²) in [6.45, 7) is 4.63. The molecule has 0 spiro atoms. The SMILES string of the molecule is CC(C)(CCc1c[nH]c2ncccc12)c1ccccc1. The summed E-state index contributed by atoms with van der Waals surface area (Å²) < 4.78 is 0. The van der Waals surface area contributed by atoms with Crippen molar-refractivity contribution in [2.45, 2.75) is 32.1 Å². The lowest BCUT2D eigenvalue weighted by molar-refractivity contribution is 0.481. The Balaban J connectivity index is 1.79. The summed E-state index contributed by atoms with van der Waals surface area (Å²) in [4.78, 5) is 7.60. The van der Waals surface area contributed by atoms with Gasteiger partial charge < -0.3 is 4.98 Å². The van der Waals surface area contributed by atoms with Gasteiger partial charge in [-0.2, -0.15) is 0 Å². The summed E-state index contributed by atoms with van der Waals surface area (Å²) in [6.07, 6.45) is 6.11. The molecule has 2 nitrogen and oxygen atoms in total. The number of nitrogens with zero attached hydrogens (tertiary/aromatic N) is 1. The van der Waals surface area contributed by atoms with E-state index < -0.39 is 0 Å². The smallest absolute Gasteiger partial charge is 0.137 e. The van der Waals surface area contributed by atoms with Crippen LogP contribution in [0.25, 0.3) is 11.0 Å². The molecule has 0 aliphatic carbocycles. The van der Waals surface area contributed by atoms with Crippen LogP contribution in [0.3, 0.4) is 0 Å². The van der Waals surface area contributed by atoms with Gasteiger partial charge in [-0.1, -0.05) is 44.2 Å². The van der Waals surface area contributed by atoms with E-state index in [2.05, 4.69) is 66.4 Å². The van der Waals surface area contributed by atoms with Crippen molar-refractivity contribution < 1.29 is 0 Å². The average molecular weight is 264 g/mol. The number of nitrogens with one attached hydrogen (secondary N) is 1. The number of aromatic amines is 1. The van der Waals surface area contributed by atoms with Gasteiger partial charge in [-0.3, -0.25) is 0 Å². The first kappa shape index (κ1) is 12.9. The molecular weight excluding hydrogens is 244 g/mol. The molecule has 0 fully saturated rings. The van der Waals surface area contributed by atoms with E-state index in [-0.39, 0.29) is 5.41 Å². The molecule has 0 bridgehead atoms. The Morgan fingerprint density at radius 1 is 1.05 bits per heavy atom. The summed E-state index contributed by atoms with van der Waals surface area (Å²) in [5, 5.41) is 1.25. The van der Waals surface area contributed by atoms with E-state index in [0.717, 1.165) is 18.5 Å². The zero-order chi connectivity index (χ0) is 14.0. The molecule has 0 radical (unpaired) electrons. The second-order valence-corrected chi connectivity index (χ2v) is 5.96. The van der Waals surface area contributed by atoms with Gasteiger partial charge in [-0.25, -0.2) is 4.98 Å². The molecule has 2 heterocycles. The van der Waals surface area contributed by atoms with Gasteiger partial charge in [0.05, 0.1) is 0 Å². The summed E-state index contributed by atoms with van der Waals surface area (Å²) in [5.41, 5.74) is 3.93. The minimum absolute atomic E-state index is 0.188. The van der Waals surface area contributed by atoms with Crippen molar-refractivity contribution in [3.63, 3.8) is 0 Å². The molecule has 0 aliphatic heterocycles. The maximum Gasteiger partial charge on any atom is 0.137 e. The third-order valence-corrected chi connectivity index (χ3v) is 4.11. The first-order valence-electron chi connectivity index (χ1n) is 7.13. The quantitative estimate of drug-likeness (QED) is 0.739. The maximum atomic E-state index is 4.35. The Hall–Kier alpha value is -2.09. The van der Waals surface area contributed by atoms with Crippen LogP contribution in [0.2, 0.25) is 0 Å².